The fourth-order valence-electron chi connectivity index (χ4n) is 2.06. The van der Waals surface area contributed by atoms with Gasteiger partial charge in [-0.05, 0) is 37.1 Å². The van der Waals surface area contributed by atoms with Crippen LogP contribution >= 0.6 is 0 Å². The second kappa shape index (κ2) is 5.06. The summed E-state index contributed by atoms with van der Waals surface area (Å²) in [4.78, 5) is 4.40. The fourth-order valence-corrected chi connectivity index (χ4v) is 2.79. The van der Waals surface area contributed by atoms with Gasteiger partial charge in [-0.1, -0.05) is 27.7 Å². The van der Waals surface area contributed by atoms with Crippen LogP contribution in [0.2, 0.25) is 0 Å². The molecular weight excluding hydrogens is 262 g/mol. The lowest BCUT2D eigenvalue weighted by molar-refractivity contribution is 0.482. The van der Waals surface area contributed by atoms with Crippen LogP contribution in [-0.2, 0) is 15.5 Å². The molecule has 0 saturated heterocycles. The lowest BCUT2D eigenvalue weighted by atomic mass is 9.82. The number of aliphatic imine (C=N–C) groups is 1. The second-order valence-corrected chi connectivity index (χ2v) is 6.32. The first-order valence-electron chi connectivity index (χ1n) is 6.32. The molecule has 1 heterocycles. The Morgan fingerprint density at radius 1 is 1.16 bits per heavy atom. The molecular formula is C14H21NO3S. The van der Waals surface area contributed by atoms with Gasteiger partial charge in [0.15, 0.2) is 0 Å². The third-order valence-electron chi connectivity index (χ3n) is 3.44. The molecule has 2 rings (SSSR count). The third-order valence-corrected chi connectivity index (χ3v) is 4.43. The number of rotatable bonds is 1. The van der Waals surface area contributed by atoms with Crippen LogP contribution in [0.5, 0.6) is 0 Å². The summed E-state index contributed by atoms with van der Waals surface area (Å²) in [5, 5.41) is 0. The highest BCUT2D eigenvalue weighted by atomic mass is 32.2. The van der Waals surface area contributed by atoms with E-state index in [0.29, 0.717) is 5.56 Å². The summed E-state index contributed by atoms with van der Waals surface area (Å²) in [5.74, 6) is 0. The molecule has 0 fully saturated rings. The van der Waals surface area contributed by atoms with Crippen LogP contribution in [0.1, 0.15) is 45.7 Å². The first-order valence-corrected chi connectivity index (χ1v) is 7.76. The molecule has 0 amide bonds. The minimum absolute atomic E-state index is 0.0331. The van der Waals surface area contributed by atoms with Crippen molar-refractivity contribution >= 4 is 21.5 Å². The minimum atomic E-state index is -4.17. The molecule has 1 aliphatic heterocycles. The van der Waals surface area contributed by atoms with E-state index in [9.17, 15) is 13.0 Å². The maximum absolute atomic E-state index is 11.3. The number of fused-ring (bicyclic) bond motifs is 1. The van der Waals surface area contributed by atoms with E-state index in [-0.39, 0.29) is 10.3 Å². The summed E-state index contributed by atoms with van der Waals surface area (Å²) in [6.45, 7) is 11.5. The SMILES string of the molecule is CC.CC1=Nc2cc(C)c(S(=O)(=O)O)cc2C1(C)C. The predicted octanol–water partition coefficient (Wildman–Crippen LogP) is 3.65. The Bertz CT molecular complexity index is 628. The Morgan fingerprint density at radius 2 is 1.68 bits per heavy atom. The first-order chi connectivity index (χ1) is 8.64. The molecule has 5 heteroatoms. The zero-order chi connectivity index (χ0) is 15.0. The highest BCUT2D eigenvalue weighted by Gasteiger charge is 2.33. The molecule has 1 aromatic rings. The molecule has 19 heavy (non-hydrogen) atoms. The Hall–Kier alpha value is -1.20. The maximum Gasteiger partial charge on any atom is 0.294 e. The molecule has 1 aliphatic rings. The van der Waals surface area contributed by atoms with Gasteiger partial charge in [0.1, 0.15) is 0 Å². The molecule has 0 spiro atoms. The zero-order valence-corrected chi connectivity index (χ0v) is 13.1. The van der Waals surface area contributed by atoms with Gasteiger partial charge in [-0.25, -0.2) is 0 Å². The van der Waals surface area contributed by atoms with Crippen molar-refractivity contribution in [3.63, 3.8) is 0 Å². The van der Waals surface area contributed by atoms with Crippen LogP contribution in [0, 0.1) is 6.92 Å². The van der Waals surface area contributed by atoms with Gasteiger partial charge in [0, 0.05) is 11.1 Å². The van der Waals surface area contributed by atoms with Crippen molar-refractivity contribution in [1.29, 1.82) is 0 Å². The summed E-state index contributed by atoms with van der Waals surface area (Å²) in [5.41, 5.74) is 2.80. The van der Waals surface area contributed by atoms with E-state index in [2.05, 4.69) is 4.99 Å². The lowest BCUT2D eigenvalue weighted by Gasteiger charge is -2.20. The van der Waals surface area contributed by atoms with Gasteiger partial charge >= 0.3 is 0 Å². The van der Waals surface area contributed by atoms with Crippen molar-refractivity contribution in [2.45, 2.75) is 51.9 Å². The average molecular weight is 283 g/mol. The first kappa shape index (κ1) is 15.9. The highest BCUT2D eigenvalue weighted by molar-refractivity contribution is 7.85. The van der Waals surface area contributed by atoms with Crippen molar-refractivity contribution in [2.75, 3.05) is 0 Å². The summed E-state index contributed by atoms with van der Waals surface area (Å²) in [6.07, 6.45) is 0. The molecule has 1 aromatic carbocycles. The average Bonchev–Trinajstić information content (AvgIpc) is 2.50. The molecule has 106 valence electrons. The number of aryl methyl sites for hydroxylation is 1. The smallest absolute Gasteiger partial charge is 0.282 e. The van der Waals surface area contributed by atoms with Crippen molar-refractivity contribution in [1.82, 2.24) is 0 Å². The molecule has 0 aliphatic carbocycles. The van der Waals surface area contributed by atoms with Crippen molar-refractivity contribution in [3.05, 3.63) is 23.3 Å². The molecule has 0 aromatic heterocycles. The van der Waals surface area contributed by atoms with Crippen LogP contribution < -0.4 is 0 Å². The number of nitrogens with zero attached hydrogens (tertiary/aromatic N) is 1. The summed E-state index contributed by atoms with van der Waals surface area (Å²) >= 11 is 0. The highest BCUT2D eigenvalue weighted by Crippen LogP contribution is 2.41. The van der Waals surface area contributed by atoms with E-state index in [1.54, 1.807) is 13.0 Å². The predicted molar refractivity (Wildman–Crippen MR) is 78.1 cm³/mol. The van der Waals surface area contributed by atoms with E-state index in [1.807, 2.05) is 34.6 Å². The Morgan fingerprint density at radius 3 is 2.16 bits per heavy atom. The van der Waals surface area contributed by atoms with Gasteiger partial charge in [-0.15, -0.1) is 0 Å². The van der Waals surface area contributed by atoms with E-state index < -0.39 is 10.1 Å². The number of benzene rings is 1. The molecule has 4 nitrogen and oxygen atoms in total. The van der Waals surface area contributed by atoms with Crippen LogP contribution in [-0.4, -0.2) is 18.7 Å². The van der Waals surface area contributed by atoms with Gasteiger partial charge < -0.3 is 0 Å². The summed E-state index contributed by atoms with van der Waals surface area (Å²) in [6, 6.07) is 3.23. The van der Waals surface area contributed by atoms with Crippen LogP contribution in [0.3, 0.4) is 0 Å². The third kappa shape index (κ3) is 2.72. The molecule has 0 unspecified atom stereocenters. The Balaban J connectivity index is 0.000000861. The minimum Gasteiger partial charge on any atom is -0.282 e. The molecule has 0 radical (unpaired) electrons. The van der Waals surface area contributed by atoms with Gasteiger partial charge in [0.25, 0.3) is 10.1 Å². The van der Waals surface area contributed by atoms with E-state index in [4.69, 9.17) is 0 Å². The topological polar surface area (TPSA) is 66.7 Å². The van der Waals surface area contributed by atoms with Crippen LogP contribution in [0.25, 0.3) is 0 Å². The maximum atomic E-state index is 11.3. The molecule has 1 N–H and O–H groups in total. The van der Waals surface area contributed by atoms with Gasteiger partial charge in [0.2, 0.25) is 0 Å². The fraction of sp³-hybridized carbons (Fsp3) is 0.500. The molecule has 0 atom stereocenters. The lowest BCUT2D eigenvalue weighted by Crippen LogP contribution is -2.23. The standard InChI is InChI=1S/C12H15NO3S.C2H6/c1-7-5-10-9(6-11(7)17(14,15)16)12(3,4)8(2)13-10;1-2/h5-6H,1-4H3,(H,14,15,16);1-2H3. The molecule has 0 bridgehead atoms. The Labute approximate surface area is 115 Å². The summed E-state index contributed by atoms with van der Waals surface area (Å²) in [7, 11) is -4.17. The van der Waals surface area contributed by atoms with E-state index in [1.165, 1.54) is 6.07 Å². The van der Waals surface area contributed by atoms with Gasteiger partial charge in [0.05, 0.1) is 10.6 Å². The van der Waals surface area contributed by atoms with Gasteiger partial charge in [-0.2, -0.15) is 8.42 Å². The van der Waals surface area contributed by atoms with Crippen molar-refractivity contribution in [2.24, 2.45) is 4.99 Å². The monoisotopic (exact) mass is 283 g/mol. The largest absolute Gasteiger partial charge is 0.294 e. The van der Waals surface area contributed by atoms with E-state index in [0.717, 1.165) is 17.0 Å². The quantitative estimate of drug-likeness (QED) is 0.800. The summed E-state index contributed by atoms with van der Waals surface area (Å²) < 4.78 is 31.7. The van der Waals surface area contributed by atoms with Crippen molar-refractivity contribution in [3.8, 4) is 0 Å². The van der Waals surface area contributed by atoms with E-state index >= 15 is 0 Å². The van der Waals surface area contributed by atoms with Crippen LogP contribution in [0.15, 0.2) is 22.0 Å². The Kier molecular flexibility index (Phi) is 4.22. The van der Waals surface area contributed by atoms with Crippen molar-refractivity contribution < 1.29 is 13.0 Å². The normalized spacial score (nSPS) is 16.3. The molecule has 0 saturated carbocycles. The number of hydrogen-bond acceptors (Lipinski definition) is 3. The van der Waals surface area contributed by atoms with Crippen LogP contribution in [0.4, 0.5) is 5.69 Å². The second-order valence-electron chi connectivity index (χ2n) is 4.93. The zero-order valence-electron chi connectivity index (χ0n) is 12.3. The number of hydrogen-bond donors (Lipinski definition) is 1. The van der Waals surface area contributed by atoms with Gasteiger partial charge in [-0.3, -0.25) is 9.55 Å².